The first-order chi connectivity index (χ1) is 11.3. The number of anilines is 1. The van der Waals surface area contributed by atoms with Crippen LogP contribution in [0.2, 0.25) is 0 Å². The molecule has 6 heteroatoms. The highest BCUT2D eigenvalue weighted by Gasteiger charge is 2.26. The van der Waals surface area contributed by atoms with E-state index >= 15 is 0 Å². The van der Waals surface area contributed by atoms with Crippen molar-refractivity contribution in [2.24, 2.45) is 17.0 Å². The van der Waals surface area contributed by atoms with Crippen LogP contribution in [0.25, 0.3) is 0 Å². The van der Waals surface area contributed by atoms with E-state index in [1.165, 1.54) is 25.3 Å². The Balaban J connectivity index is 1.96. The maximum atomic E-state index is 12.4. The SMILES string of the molecule is CCCCC1CCC(C(=O)Nc2ccc(C)c(S(N)(=O)=O)c2)CC1. The normalized spacial score (nSPS) is 21.5. The summed E-state index contributed by atoms with van der Waals surface area (Å²) in [6.07, 6.45) is 7.78. The molecule has 1 aromatic carbocycles. The van der Waals surface area contributed by atoms with Gasteiger partial charge in [-0.2, -0.15) is 0 Å². The van der Waals surface area contributed by atoms with Gasteiger partial charge < -0.3 is 5.32 Å². The van der Waals surface area contributed by atoms with Crippen LogP contribution in [0.5, 0.6) is 0 Å². The van der Waals surface area contributed by atoms with Crippen molar-refractivity contribution in [3.8, 4) is 0 Å². The molecule has 1 aliphatic carbocycles. The number of sulfonamides is 1. The highest BCUT2D eigenvalue weighted by Crippen LogP contribution is 2.32. The standard InChI is InChI=1S/C18H28N2O3S/c1-3-4-5-14-7-9-15(10-8-14)18(21)20-16-11-6-13(2)17(12-16)24(19,22)23/h6,11-12,14-15H,3-5,7-10H2,1-2H3,(H,20,21)(H2,19,22,23). The maximum Gasteiger partial charge on any atom is 0.238 e. The lowest BCUT2D eigenvalue weighted by Crippen LogP contribution is -2.27. The van der Waals surface area contributed by atoms with E-state index in [2.05, 4.69) is 12.2 Å². The van der Waals surface area contributed by atoms with Crippen LogP contribution >= 0.6 is 0 Å². The second-order valence-electron chi connectivity index (χ2n) is 6.87. The Morgan fingerprint density at radius 2 is 1.92 bits per heavy atom. The fourth-order valence-electron chi connectivity index (χ4n) is 3.43. The van der Waals surface area contributed by atoms with Gasteiger partial charge in [0.15, 0.2) is 0 Å². The van der Waals surface area contributed by atoms with Crippen LogP contribution in [0.15, 0.2) is 23.1 Å². The number of nitrogens with one attached hydrogen (secondary N) is 1. The van der Waals surface area contributed by atoms with Crippen molar-refractivity contribution >= 4 is 21.6 Å². The van der Waals surface area contributed by atoms with Gasteiger partial charge in [0.1, 0.15) is 0 Å². The van der Waals surface area contributed by atoms with Crippen LogP contribution in [0.3, 0.4) is 0 Å². The molecule has 0 spiro atoms. The summed E-state index contributed by atoms with van der Waals surface area (Å²) < 4.78 is 23.2. The average molecular weight is 353 g/mol. The van der Waals surface area contributed by atoms with Gasteiger partial charge in [-0.3, -0.25) is 4.79 Å². The molecule has 134 valence electrons. The summed E-state index contributed by atoms with van der Waals surface area (Å²) in [6.45, 7) is 3.89. The zero-order valence-electron chi connectivity index (χ0n) is 14.5. The van der Waals surface area contributed by atoms with Gasteiger partial charge >= 0.3 is 0 Å². The van der Waals surface area contributed by atoms with Crippen LogP contribution in [-0.4, -0.2) is 14.3 Å². The van der Waals surface area contributed by atoms with E-state index in [-0.39, 0.29) is 16.7 Å². The molecule has 0 atom stereocenters. The topological polar surface area (TPSA) is 89.3 Å². The van der Waals surface area contributed by atoms with E-state index in [1.54, 1.807) is 19.1 Å². The third-order valence-corrected chi connectivity index (χ3v) is 6.00. The smallest absolute Gasteiger partial charge is 0.238 e. The molecule has 0 bridgehead atoms. The Labute approximate surface area is 145 Å². The first-order valence-electron chi connectivity index (χ1n) is 8.75. The molecule has 3 N–H and O–H groups in total. The van der Waals surface area contributed by atoms with Crippen molar-refractivity contribution in [1.29, 1.82) is 0 Å². The lowest BCUT2D eigenvalue weighted by Gasteiger charge is -2.27. The van der Waals surface area contributed by atoms with E-state index in [0.29, 0.717) is 11.3 Å². The lowest BCUT2D eigenvalue weighted by molar-refractivity contribution is -0.121. The zero-order chi connectivity index (χ0) is 17.7. The van der Waals surface area contributed by atoms with Gasteiger partial charge in [-0.15, -0.1) is 0 Å². The fraction of sp³-hybridized carbons (Fsp3) is 0.611. The summed E-state index contributed by atoms with van der Waals surface area (Å²) in [5.74, 6) is 0.748. The van der Waals surface area contributed by atoms with Crippen molar-refractivity contribution < 1.29 is 13.2 Å². The van der Waals surface area contributed by atoms with Gasteiger partial charge in [-0.1, -0.05) is 32.3 Å². The van der Waals surface area contributed by atoms with Crippen LogP contribution in [0.1, 0.15) is 57.4 Å². The number of aryl methyl sites for hydroxylation is 1. The minimum absolute atomic E-state index is 0.0158. The number of carbonyl (C=O) groups excluding carboxylic acids is 1. The third kappa shape index (κ3) is 5.05. The molecule has 1 amide bonds. The number of hydrogen-bond acceptors (Lipinski definition) is 3. The highest BCUT2D eigenvalue weighted by molar-refractivity contribution is 7.89. The number of unbranched alkanes of at least 4 members (excludes halogenated alkanes) is 1. The summed E-state index contributed by atoms with van der Waals surface area (Å²) in [4.78, 5) is 12.5. The van der Waals surface area contributed by atoms with Crippen LogP contribution in [0.4, 0.5) is 5.69 Å². The summed E-state index contributed by atoms with van der Waals surface area (Å²) in [6, 6.07) is 4.82. The zero-order valence-corrected chi connectivity index (χ0v) is 15.4. The lowest BCUT2D eigenvalue weighted by atomic mass is 9.79. The Kier molecular flexibility index (Phi) is 6.40. The fourth-order valence-corrected chi connectivity index (χ4v) is 4.24. The Morgan fingerprint density at radius 1 is 1.25 bits per heavy atom. The molecule has 0 saturated heterocycles. The number of hydrogen-bond donors (Lipinski definition) is 2. The molecular formula is C18H28N2O3S. The molecule has 1 aliphatic rings. The van der Waals surface area contributed by atoms with Gasteiger partial charge in [0, 0.05) is 11.6 Å². The first-order valence-corrected chi connectivity index (χ1v) is 10.3. The van der Waals surface area contributed by atoms with E-state index in [1.807, 2.05) is 0 Å². The Morgan fingerprint density at radius 3 is 2.50 bits per heavy atom. The van der Waals surface area contributed by atoms with Crippen molar-refractivity contribution in [2.45, 2.75) is 63.7 Å². The first kappa shape index (κ1) is 18.9. The third-order valence-electron chi connectivity index (χ3n) is 4.95. The van der Waals surface area contributed by atoms with Gasteiger partial charge in [0.05, 0.1) is 4.90 Å². The van der Waals surface area contributed by atoms with Crippen LogP contribution in [0, 0.1) is 18.8 Å². The number of carbonyl (C=O) groups is 1. The summed E-state index contributed by atoms with van der Waals surface area (Å²) in [5, 5.41) is 8.07. The molecular weight excluding hydrogens is 324 g/mol. The molecule has 1 saturated carbocycles. The van der Waals surface area contributed by atoms with Crippen molar-refractivity contribution in [2.75, 3.05) is 5.32 Å². The van der Waals surface area contributed by atoms with Crippen molar-refractivity contribution in [3.05, 3.63) is 23.8 Å². The van der Waals surface area contributed by atoms with E-state index in [4.69, 9.17) is 5.14 Å². The number of nitrogens with two attached hydrogens (primary N) is 1. The van der Waals surface area contributed by atoms with Crippen LogP contribution < -0.4 is 10.5 Å². The largest absolute Gasteiger partial charge is 0.326 e. The quantitative estimate of drug-likeness (QED) is 0.820. The molecule has 1 aromatic rings. The maximum absolute atomic E-state index is 12.4. The molecule has 0 aliphatic heterocycles. The second-order valence-corrected chi connectivity index (χ2v) is 8.40. The van der Waals surface area contributed by atoms with E-state index in [9.17, 15) is 13.2 Å². The van der Waals surface area contributed by atoms with Gasteiger partial charge in [-0.25, -0.2) is 13.6 Å². The molecule has 0 heterocycles. The Hall–Kier alpha value is -1.40. The monoisotopic (exact) mass is 352 g/mol. The van der Waals surface area contributed by atoms with Gasteiger partial charge in [-0.05, 0) is 56.2 Å². The molecule has 24 heavy (non-hydrogen) atoms. The highest BCUT2D eigenvalue weighted by atomic mass is 32.2. The molecule has 0 radical (unpaired) electrons. The molecule has 1 fully saturated rings. The second kappa shape index (κ2) is 8.12. The summed E-state index contributed by atoms with van der Waals surface area (Å²) in [5.41, 5.74) is 1.06. The van der Waals surface area contributed by atoms with Gasteiger partial charge in [0.25, 0.3) is 0 Å². The summed E-state index contributed by atoms with van der Waals surface area (Å²) in [7, 11) is -3.78. The van der Waals surface area contributed by atoms with Gasteiger partial charge in [0.2, 0.25) is 15.9 Å². The minimum atomic E-state index is -3.78. The Bertz CT molecular complexity index is 678. The van der Waals surface area contributed by atoms with E-state index in [0.717, 1.165) is 31.6 Å². The number of primary sulfonamides is 1. The average Bonchev–Trinajstić information content (AvgIpc) is 2.54. The van der Waals surface area contributed by atoms with E-state index < -0.39 is 10.0 Å². The molecule has 0 unspecified atom stereocenters. The number of benzene rings is 1. The number of amides is 1. The van der Waals surface area contributed by atoms with Crippen LogP contribution in [-0.2, 0) is 14.8 Å². The molecule has 2 rings (SSSR count). The predicted octanol–water partition coefficient (Wildman–Crippen LogP) is 3.58. The number of rotatable bonds is 6. The minimum Gasteiger partial charge on any atom is -0.326 e. The van der Waals surface area contributed by atoms with Crippen molar-refractivity contribution in [1.82, 2.24) is 0 Å². The summed E-state index contributed by atoms with van der Waals surface area (Å²) >= 11 is 0. The molecule has 0 aromatic heterocycles. The predicted molar refractivity (Wildman–Crippen MR) is 96.2 cm³/mol. The van der Waals surface area contributed by atoms with Crippen molar-refractivity contribution in [3.63, 3.8) is 0 Å². The molecule has 5 nitrogen and oxygen atoms in total.